The highest BCUT2D eigenvalue weighted by Gasteiger charge is 2.44. The van der Waals surface area contributed by atoms with Crippen LogP contribution >= 0.6 is 23.5 Å². The van der Waals surface area contributed by atoms with E-state index in [9.17, 15) is 14.7 Å². The van der Waals surface area contributed by atoms with Gasteiger partial charge in [-0.05, 0) is 25.0 Å². The molecule has 1 saturated heterocycles. The number of aliphatic carboxylic acids is 1. The molecule has 5 nitrogen and oxygen atoms in total. The molecule has 1 saturated carbocycles. The molecule has 2 N–H and O–H groups in total. The van der Waals surface area contributed by atoms with Gasteiger partial charge in [0.2, 0.25) is 0 Å². The molecule has 0 aromatic carbocycles. The maximum absolute atomic E-state index is 12.6. The van der Waals surface area contributed by atoms with Gasteiger partial charge >= 0.3 is 12.0 Å². The van der Waals surface area contributed by atoms with E-state index in [0.29, 0.717) is 11.0 Å². The number of carbonyl (C=O) groups is 2. The van der Waals surface area contributed by atoms with Crippen LogP contribution < -0.4 is 5.32 Å². The standard InChI is InChI=1S/C14H24N2O3S2/c1-8(2)12-16(10(7-21-12)13(17)18)14(19)15-9-5-4-6-11(9)20-3/h8-12H,4-7H2,1-3H3,(H,15,19)(H,17,18). The highest BCUT2D eigenvalue weighted by Crippen LogP contribution is 2.35. The van der Waals surface area contributed by atoms with Gasteiger partial charge in [0.15, 0.2) is 0 Å². The molecule has 0 bridgehead atoms. The number of hydrogen-bond acceptors (Lipinski definition) is 4. The van der Waals surface area contributed by atoms with Crippen molar-refractivity contribution in [1.29, 1.82) is 0 Å². The zero-order valence-corrected chi connectivity index (χ0v) is 14.4. The van der Waals surface area contributed by atoms with Crippen molar-refractivity contribution in [1.82, 2.24) is 10.2 Å². The average Bonchev–Trinajstić information content (AvgIpc) is 3.03. The molecule has 2 amide bonds. The number of urea groups is 1. The molecule has 21 heavy (non-hydrogen) atoms. The number of rotatable bonds is 4. The number of amides is 2. The third-order valence-corrected chi connectivity index (χ3v) is 6.98. The first kappa shape index (κ1) is 16.8. The smallest absolute Gasteiger partial charge is 0.327 e. The molecule has 0 spiro atoms. The van der Waals surface area contributed by atoms with Crippen molar-refractivity contribution >= 4 is 35.5 Å². The van der Waals surface area contributed by atoms with E-state index in [1.807, 2.05) is 13.8 Å². The summed E-state index contributed by atoms with van der Waals surface area (Å²) in [6.45, 7) is 4.06. The van der Waals surface area contributed by atoms with Crippen LogP contribution in [0.5, 0.6) is 0 Å². The number of carboxylic acids is 1. The molecule has 120 valence electrons. The molecule has 0 aromatic rings. The van der Waals surface area contributed by atoms with E-state index < -0.39 is 12.0 Å². The number of hydrogen-bond donors (Lipinski definition) is 2. The number of nitrogens with one attached hydrogen (secondary N) is 1. The fourth-order valence-corrected chi connectivity index (χ4v) is 5.50. The summed E-state index contributed by atoms with van der Waals surface area (Å²) in [5.41, 5.74) is 0. The second-order valence-electron chi connectivity index (χ2n) is 5.99. The van der Waals surface area contributed by atoms with E-state index in [0.717, 1.165) is 19.3 Å². The van der Waals surface area contributed by atoms with Crippen molar-refractivity contribution in [3.8, 4) is 0 Å². The zero-order valence-electron chi connectivity index (χ0n) is 12.7. The summed E-state index contributed by atoms with van der Waals surface area (Å²) in [4.78, 5) is 25.6. The predicted molar refractivity (Wildman–Crippen MR) is 87.8 cm³/mol. The SMILES string of the molecule is CSC1CCCC1NC(=O)N1C(C(=O)O)CSC1C(C)C. The molecule has 4 atom stereocenters. The highest BCUT2D eigenvalue weighted by atomic mass is 32.2. The summed E-state index contributed by atoms with van der Waals surface area (Å²) >= 11 is 3.35. The van der Waals surface area contributed by atoms with Gasteiger partial charge in [0.25, 0.3) is 0 Å². The lowest BCUT2D eigenvalue weighted by Gasteiger charge is -2.32. The molecule has 4 unspecified atom stereocenters. The van der Waals surface area contributed by atoms with Gasteiger partial charge in [0, 0.05) is 17.0 Å². The van der Waals surface area contributed by atoms with Crippen molar-refractivity contribution in [2.75, 3.05) is 12.0 Å². The maximum Gasteiger partial charge on any atom is 0.327 e. The maximum atomic E-state index is 12.6. The van der Waals surface area contributed by atoms with Crippen LogP contribution in [0.3, 0.4) is 0 Å². The van der Waals surface area contributed by atoms with Gasteiger partial charge in [-0.25, -0.2) is 9.59 Å². The first-order valence-corrected chi connectivity index (χ1v) is 9.75. The lowest BCUT2D eigenvalue weighted by atomic mass is 10.1. The van der Waals surface area contributed by atoms with Gasteiger partial charge in [-0.3, -0.25) is 4.90 Å². The van der Waals surface area contributed by atoms with Gasteiger partial charge < -0.3 is 10.4 Å². The predicted octanol–water partition coefficient (Wildman–Crippen LogP) is 2.46. The second kappa shape index (κ2) is 7.13. The Morgan fingerprint density at radius 3 is 2.67 bits per heavy atom. The van der Waals surface area contributed by atoms with E-state index >= 15 is 0 Å². The molecule has 0 radical (unpaired) electrons. The van der Waals surface area contributed by atoms with Gasteiger partial charge in [-0.1, -0.05) is 20.3 Å². The van der Waals surface area contributed by atoms with Crippen LogP contribution in [0.1, 0.15) is 33.1 Å². The van der Waals surface area contributed by atoms with E-state index in [-0.39, 0.29) is 23.4 Å². The van der Waals surface area contributed by atoms with Gasteiger partial charge in [0.05, 0.1) is 5.37 Å². The van der Waals surface area contributed by atoms with Crippen molar-refractivity contribution in [2.24, 2.45) is 5.92 Å². The lowest BCUT2D eigenvalue weighted by Crippen LogP contribution is -2.54. The van der Waals surface area contributed by atoms with Crippen LogP contribution in [-0.4, -0.2) is 56.7 Å². The van der Waals surface area contributed by atoms with E-state index in [1.165, 1.54) is 0 Å². The Bertz CT molecular complexity index is 406. The third-order valence-electron chi connectivity index (χ3n) is 4.19. The zero-order chi connectivity index (χ0) is 15.6. The number of carboxylic acid groups (broad SMARTS) is 1. The van der Waals surface area contributed by atoms with Crippen molar-refractivity contribution in [3.05, 3.63) is 0 Å². The number of thioether (sulfide) groups is 2. The molecule has 2 aliphatic rings. The Kier molecular flexibility index (Phi) is 5.71. The summed E-state index contributed by atoms with van der Waals surface area (Å²) < 4.78 is 0. The van der Waals surface area contributed by atoms with Gasteiger partial charge in [-0.2, -0.15) is 11.8 Å². The fraction of sp³-hybridized carbons (Fsp3) is 0.857. The molecule has 2 fully saturated rings. The van der Waals surface area contributed by atoms with Crippen LogP contribution in [0.25, 0.3) is 0 Å². The Morgan fingerprint density at radius 2 is 2.10 bits per heavy atom. The molecular formula is C14H24N2O3S2. The van der Waals surface area contributed by atoms with E-state index in [1.54, 1.807) is 28.4 Å². The minimum absolute atomic E-state index is 0.0553. The molecule has 1 heterocycles. The lowest BCUT2D eigenvalue weighted by molar-refractivity contribution is -0.141. The molecule has 0 aromatic heterocycles. The Hall–Kier alpha value is -0.560. The van der Waals surface area contributed by atoms with Crippen LogP contribution in [0, 0.1) is 5.92 Å². The van der Waals surface area contributed by atoms with E-state index in [4.69, 9.17) is 0 Å². The number of carbonyl (C=O) groups excluding carboxylic acids is 1. The van der Waals surface area contributed by atoms with Crippen molar-refractivity contribution in [2.45, 2.75) is 55.8 Å². The Labute approximate surface area is 134 Å². The quantitative estimate of drug-likeness (QED) is 0.827. The normalized spacial score (nSPS) is 32.7. The van der Waals surface area contributed by atoms with E-state index in [2.05, 4.69) is 11.6 Å². The minimum Gasteiger partial charge on any atom is -0.480 e. The largest absolute Gasteiger partial charge is 0.480 e. The monoisotopic (exact) mass is 332 g/mol. The Morgan fingerprint density at radius 1 is 1.38 bits per heavy atom. The summed E-state index contributed by atoms with van der Waals surface area (Å²) in [7, 11) is 0. The molecular weight excluding hydrogens is 308 g/mol. The van der Waals surface area contributed by atoms with Crippen molar-refractivity contribution in [3.63, 3.8) is 0 Å². The number of nitrogens with zero attached hydrogens (tertiary/aromatic N) is 1. The molecule has 1 aliphatic carbocycles. The first-order valence-electron chi connectivity index (χ1n) is 7.41. The fourth-order valence-electron chi connectivity index (χ4n) is 3.10. The summed E-state index contributed by atoms with van der Waals surface area (Å²) in [6, 6.07) is -0.756. The van der Waals surface area contributed by atoms with Crippen LogP contribution in [0.2, 0.25) is 0 Å². The molecule has 2 rings (SSSR count). The van der Waals surface area contributed by atoms with Crippen LogP contribution in [0.15, 0.2) is 0 Å². The molecule has 1 aliphatic heterocycles. The minimum atomic E-state index is -0.909. The summed E-state index contributed by atoms with van der Waals surface area (Å²) in [6.07, 6.45) is 5.30. The van der Waals surface area contributed by atoms with Gasteiger partial charge in [0.1, 0.15) is 6.04 Å². The topological polar surface area (TPSA) is 69.6 Å². The van der Waals surface area contributed by atoms with Crippen molar-refractivity contribution < 1.29 is 14.7 Å². The van der Waals surface area contributed by atoms with Gasteiger partial charge in [-0.15, -0.1) is 11.8 Å². The third kappa shape index (κ3) is 3.62. The average molecular weight is 332 g/mol. The Balaban J connectivity index is 2.08. The van der Waals surface area contributed by atoms with Crippen LogP contribution in [-0.2, 0) is 4.79 Å². The first-order chi connectivity index (χ1) is 9.95. The summed E-state index contributed by atoms with van der Waals surface area (Å²) in [5, 5.41) is 12.8. The van der Waals surface area contributed by atoms with Crippen LogP contribution in [0.4, 0.5) is 4.79 Å². The second-order valence-corrected chi connectivity index (χ2v) is 8.22. The highest BCUT2D eigenvalue weighted by molar-refractivity contribution is 8.00. The molecule has 7 heteroatoms. The summed E-state index contributed by atoms with van der Waals surface area (Å²) in [5.74, 6) is -0.193.